The largest absolute Gasteiger partial charge is 0.462 e. The van der Waals surface area contributed by atoms with Gasteiger partial charge in [-0.05, 0) is 44.0 Å². The number of allylic oxidation sites excluding steroid dienone is 1. The maximum atomic E-state index is 14.7. The quantitative estimate of drug-likeness (QED) is 0.188. The van der Waals surface area contributed by atoms with Gasteiger partial charge in [-0.15, -0.1) is 0 Å². The molecule has 1 amide bonds. The van der Waals surface area contributed by atoms with Crippen LogP contribution < -0.4 is 9.61 Å². The van der Waals surface area contributed by atoms with Crippen LogP contribution in [0.2, 0.25) is 0 Å². The lowest BCUT2D eigenvalue weighted by molar-refractivity contribution is -0.199. The van der Waals surface area contributed by atoms with Crippen molar-refractivity contribution in [3.63, 3.8) is 0 Å². The lowest BCUT2D eigenvalue weighted by atomic mass is 9.96. The number of ketones is 1. The number of rotatable bonds is 11. The first-order valence-corrected chi connectivity index (χ1v) is 15.8. The predicted octanol–water partition coefficient (Wildman–Crippen LogP) is 3.08. The maximum Gasteiger partial charge on any atom is 0.323 e. The Balaban J connectivity index is 1.66. The first-order valence-electron chi connectivity index (χ1n) is 13.1. The van der Waals surface area contributed by atoms with E-state index in [4.69, 9.17) is 30.3 Å². The highest BCUT2D eigenvalue weighted by Gasteiger charge is 2.62. The molecule has 0 saturated carbocycles. The molecule has 2 aromatic rings. The number of carbonyl (C=O) groups is 3. The van der Waals surface area contributed by atoms with Crippen molar-refractivity contribution >= 4 is 46.9 Å². The van der Waals surface area contributed by atoms with Crippen LogP contribution in [0.1, 0.15) is 27.2 Å². The first kappa shape index (κ1) is 33.0. The number of aliphatic hydroxyl groups is 2. The summed E-state index contributed by atoms with van der Waals surface area (Å²) in [4.78, 5) is 36.9. The third kappa shape index (κ3) is 6.93. The van der Waals surface area contributed by atoms with Gasteiger partial charge in [-0.1, -0.05) is 36.4 Å². The van der Waals surface area contributed by atoms with E-state index in [1.807, 2.05) is 0 Å². The summed E-state index contributed by atoms with van der Waals surface area (Å²) < 4.78 is 65.7. The molecule has 3 N–H and O–H groups in total. The molecule has 1 fully saturated rings. The predicted molar refractivity (Wildman–Crippen MR) is 150 cm³/mol. The second-order valence-electron chi connectivity index (χ2n) is 10.3. The third-order valence-corrected chi connectivity index (χ3v) is 9.17. The summed E-state index contributed by atoms with van der Waals surface area (Å²) in [6.45, 7) is -0.534. The zero-order valence-corrected chi connectivity index (χ0v) is 24.9. The molecule has 0 aromatic heterocycles. The van der Waals surface area contributed by atoms with Crippen molar-refractivity contribution in [2.75, 3.05) is 6.61 Å². The molecule has 0 bridgehead atoms. The molecule has 6 atom stereocenters. The molecule has 2 heterocycles. The molecule has 0 radical (unpaired) electrons. The number of halogens is 3. The van der Waals surface area contributed by atoms with Crippen LogP contribution in [-0.2, 0) is 40.2 Å². The van der Waals surface area contributed by atoms with Crippen molar-refractivity contribution in [3.8, 4) is 5.75 Å². The average molecular weight is 647 g/mol. The second-order valence-corrected chi connectivity index (χ2v) is 13.4. The van der Waals surface area contributed by atoms with Gasteiger partial charge < -0.3 is 28.7 Å². The van der Waals surface area contributed by atoms with E-state index in [9.17, 15) is 37.8 Å². The fourth-order valence-corrected chi connectivity index (χ4v) is 6.92. The van der Waals surface area contributed by atoms with Gasteiger partial charge in [-0.3, -0.25) is 19.3 Å². The number of esters is 1. The molecule has 0 spiro atoms. The van der Waals surface area contributed by atoms with E-state index >= 15 is 0 Å². The molecule has 16 heteroatoms. The van der Waals surface area contributed by atoms with Crippen LogP contribution in [0.15, 0.2) is 54.5 Å². The van der Waals surface area contributed by atoms with Crippen LogP contribution in [0.5, 0.6) is 5.75 Å². The number of fused-ring (bicyclic) bond motifs is 1. The molecule has 43 heavy (non-hydrogen) atoms. The van der Waals surface area contributed by atoms with Crippen molar-refractivity contribution in [2.24, 2.45) is 0 Å². The molecule has 2 aliphatic rings. The summed E-state index contributed by atoms with van der Waals surface area (Å²) in [5.41, 5.74) is -2.99. The van der Waals surface area contributed by atoms with Gasteiger partial charge in [-0.25, -0.2) is 18.3 Å². The van der Waals surface area contributed by atoms with Crippen LogP contribution in [0.3, 0.4) is 0 Å². The zero-order valence-electron chi connectivity index (χ0n) is 23.2. The van der Waals surface area contributed by atoms with E-state index in [0.29, 0.717) is 16.5 Å². The topological polar surface area (TPSA) is 144 Å². The molecule has 1 saturated heterocycles. The second kappa shape index (κ2) is 13.0. The number of benzene rings is 2. The lowest BCUT2D eigenvalue weighted by Gasteiger charge is -2.35. The summed E-state index contributed by atoms with van der Waals surface area (Å²) in [7, 11) is 0. The minimum absolute atomic E-state index is 0.194. The molecular weight excluding hydrogens is 616 g/mol. The standard InChI is InChI=1S/C27H30F3N2O9PS/c1-14(2)39-25(37)15(3)31-42(43,41-20-10-6-8-16-7-4-5-9-17(16)20)38-13-27(26(29)30)23(36)22(35)24(40-27)32-12-18(28)19(33)11-21(32)34/h4-10,12,14-15,22-24,26,35-36H,11,13H2,1-3H3,(H,31,43)/t15-,22+,23-,24+,27+,42?/m0/s1. The fourth-order valence-electron chi connectivity index (χ4n) is 4.49. The highest BCUT2D eigenvalue weighted by molar-refractivity contribution is 8.09. The lowest BCUT2D eigenvalue weighted by Crippen LogP contribution is -2.53. The summed E-state index contributed by atoms with van der Waals surface area (Å²) in [5, 5.41) is 25.5. The van der Waals surface area contributed by atoms with Gasteiger partial charge in [0.25, 0.3) is 6.43 Å². The Hall–Kier alpha value is -2.91. The number of nitrogens with zero attached hydrogens (tertiary/aromatic N) is 1. The Morgan fingerprint density at radius 2 is 1.86 bits per heavy atom. The Labute approximate surface area is 249 Å². The number of amides is 1. The highest BCUT2D eigenvalue weighted by atomic mass is 32.5. The molecule has 2 aliphatic heterocycles. The van der Waals surface area contributed by atoms with Crippen LogP contribution >= 0.6 is 6.64 Å². The Kier molecular flexibility index (Phi) is 9.96. The molecular formula is C27H30F3N2O9PS. The fraction of sp³-hybridized carbons (Fsp3) is 0.444. The van der Waals surface area contributed by atoms with Gasteiger partial charge in [0.05, 0.1) is 19.1 Å². The number of nitrogens with one attached hydrogen (secondary N) is 1. The number of ether oxygens (including phenoxy) is 2. The number of hydrogen-bond acceptors (Lipinski definition) is 10. The van der Waals surface area contributed by atoms with E-state index < -0.39 is 85.8 Å². The van der Waals surface area contributed by atoms with Crippen molar-refractivity contribution in [3.05, 3.63) is 54.5 Å². The van der Waals surface area contributed by atoms with E-state index in [1.54, 1.807) is 56.3 Å². The monoisotopic (exact) mass is 646 g/mol. The molecule has 2 aromatic carbocycles. The minimum atomic E-state index is -3.98. The molecule has 234 valence electrons. The maximum absolute atomic E-state index is 14.7. The number of aliphatic hydroxyl groups excluding tert-OH is 2. The molecule has 1 unspecified atom stereocenters. The van der Waals surface area contributed by atoms with Crippen molar-refractivity contribution in [1.29, 1.82) is 0 Å². The van der Waals surface area contributed by atoms with E-state index in [-0.39, 0.29) is 5.75 Å². The van der Waals surface area contributed by atoms with Gasteiger partial charge in [0.15, 0.2) is 17.7 Å². The van der Waals surface area contributed by atoms with Crippen LogP contribution in [0, 0.1) is 0 Å². The number of carbonyl (C=O) groups excluding carboxylic acids is 3. The summed E-state index contributed by atoms with van der Waals surface area (Å²) in [6.07, 6.45) is -11.1. The smallest absolute Gasteiger partial charge is 0.323 e. The van der Waals surface area contributed by atoms with Crippen molar-refractivity contribution < 1.29 is 56.3 Å². The highest BCUT2D eigenvalue weighted by Crippen LogP contribution is 2.50. The van der Waals surface area contributed by atoms with Crippen LogP contribution in [0.25, 0.3) is 10.8 Å². The molecule has 4 rings (SSSR count). The molecule has 11 nitrogen and oxygen atoms in total. The van der Waals surface area contributed by atoms with Gasteiger partial charge in [0.1, 0.15) is 24.0 Å². The zero-order chi connectivity index (χ0) is 31.7. The Morgan fingerprint density at radius 3 is 2.53 bits per heavy atom. The van der Waals surface area contributed by atoms with E-state index in [1.165, 1.54) is 6.92 Å². The number of Topliss-reactive ketones (excluding diaryl/α,β-unsaturated/α-hetero) is 1. The van der Waals surface area contributed by atoms with Gasteiger partial charge in [-0.2, -0.15) is 0 Å². The molecule has 0 aliphatic carbocycles. The number of alkyl halides is 2. The first-order chi connectivity index (χ1) is 20.2. The average Bonchev–Trinajstić information content (AvgIpc) is 3.20. The summed E-state index contributed by atoms with van der Waals surface area (Å²) >= 11 is 5.64. The Bertz CT molecular complexity index is 1470. The SMILES string of the molecule is CC(C)OC(=O)[C@H](C)NP(=S)(OC[C@@]1(C(F)F)O[C@@H](N2C=C(F)C(=O)CC2=O)[C@H](O)[C@@H]1O)Oc1cccc2ccccc12. The minimum Gasteiger partial charge on any atom is -0.462 e. The van der Waals surface area contributed by atoms with Crippen molar-refractivity contribution in [1.82, 2.24) is 9.99 Å². The van der Waals surface area contributed by atoms with Crippen LogP contribution in [0.4, 0.5) is 13.2 Å². The summed E-state index contributed by atoms with van der Waals surface area (Å²) in [6, 6.07) is 10.9. The third-order valence-electron chi connectivity index (χ3n) is 6.70. The van der Waals surface area contributed by atoms with Gasteiger partial charge in [0.2, 0.25) is 11.7 Å². The summed E-state index contributed by atoms with van der Waals surface area (Å²) in [5.74, 6) is -4.09. The Morgan fingerprint density at radius 1 is 1.19 bits per heavy atom. The van der Waals surface area contributed by atoms with E-state index in [2.05, 4.69) is 5.09 Å². The van der Waals surface area contributed by atoms with Gasteiger partial charge in [0, 0.05) is 11.6 Å². The normalized spacial score (nSPS) is 26.5. The number of hydrogen-bond donors (Lipinski definition) is 3. The van der Waals surface area contributed by atoms with Crippen LogP contribution in [-0.4, -0.2) is 82.0 Å². The van der Waals surface area contributed by atoms with E-state index in [0.717, 1.165) is 5.39 Å². The van der Waals surface area contributed by atoms with Gasteiger partial charge >= 0.3 is 12.6 Å². The van der Waals surface area contributed by atoms with Crippen molar-refractivity contribution in [2.45, 2.75) is 69.8 Å².